The highest BCUT2D eigenvalue weighted by atomic mass is 32.2. The van der Waals surface area contributed by atoms with Gasteiger partial charge in [-0.25, -0.2) is 4.68 Å². The lowest BCUT2D eigenvalue weighted by Crippen LogP contribution is -2.01. The molecule has 0 aliphatic carbocycles. The lowest BCUT2D eigenvalue weighted by atomic mass is 10.1. The Balaban J connectivity index is 1.35. The number of hydrogen-bond acceptors (Lipinski definition) is 6. The monoisotopic (exact) mass is 363 g/mol. The molecule has 1 unspecified atom stereocenters. The molecule has 1 fully saturated rings. The van der Waals surface area contributed by atoms with E-state index < -0.39 is 0 Å². The second-order valence-corrected chi connectivity index (χ2v) is 7.70. The molecule has 0 amide bonds. The van der Waals surface area contributed by atoms with Crippen LogP contribution >= 0.6 is 11.8 Å². The predicted octanol–water partition coefficient (Wildman–Crippen LogP) is 4.10. The summed E-state index contributed by atoms with van der Waals surface area (Å²) in [6, 6.07) is 16.2. The molecule has 0 N–H and O–H groups in total. The molecule has 4 aromatic rings. The number of para-hydroxylation sites is 1. The third-order valence-corrected chi connectivity index (χ3v) is 5.99. The van der Waals surface area contributed by atoms with Gasteiger partial charge in [0.05, 0.1) is 17.3 Å². The Bertz CT molecular complexity index is 1030. The second kappa shape index (κ2) is 6.57. The van der Waals surface area contributed by atoms with Crippen LogP contribution in [-0.4, -0.2) is 30.9 Å². The van der Waals surface area contributed by atoms with E-state index in [-0.39, 0.29) is 0 Å². The van der Waals surface area contributed by atoms with Crippen LogP contribution in [0.2, 0.25) is 0 Å². The Morgan fingerprint density at radius 3 is 2.85 bits per heavy atom. The zero-order chi connectivity index (χ0) is 17.3. The van der Waals surface area contributed by atoms with Gasteiger partial charge in [0.2, 0.25) is 0 Å². The molecule has 1 aliphatic rings. The zero-order valence-corrected chi connectivity index (χ0v) is 14.9. The van der Waals surface area contributed by atoms with Crippen molar-refractivity contribution >= 4 is 22.8 Å². The topological polar surface area (TPSA) is 69.6 Å². The minimum atomic E-state index is 0.382. The predicted molar refractivity (Wildman–Crippen MR) is 101 cm³/mol. The number of rotatable bonds is 4. The molecule has 3 heterocycles. The van der Waals surface area contributed by atoms with E-state index >= 15 is 0 Å². The van der Waals surface area contributed by atoms with Gasteiger partial charge in [-0.2, -0.15) is 16.7 Å². The maximum atomic E-state index is 5.46. The number of fused-ring (bicyclic) bond motifs is 1. The third-order valence-electron chi connectivity index (χ3n) is 4.61. The van der Waals surface area contributed by atoms with Gasteiger partial charge in [0.25, 0.3) is 5.89 Å². The molecule has 0 radical (unpaired) electrons. The molecule has 0 bridgehead atoms. The van der Waals surface area contributed by atoms with Crippen molar-refractivity contribution in [3.8, 4) is 11.5 Å². The summed E-state index contributed by atoms with van der Waals surface area (Å²) in [5.41, 5.74) is 4.04. The molecular formula is C19H17N5OS. The van der Waals surface area contributed by atoms with Crippen LogP contribution in [-0.2, 0) is 6.54 Å². The van der Waals surface area contributed by atoms with Crippen LogP contribution in [0.15, 0.2) is 53.1 Å². The van der Waals surface area contributed by atoms with Crippen molar-refractivity contribution in [2.45, 2.75) is 24.6 Å². The molecule has 1 saturated heterocycles. The van der Waals surface area contributed by atoms with Crippen molar-refractivity contribution in [3.63, 3.8) is 0 Å². The highest BCUT2D eigenvalue weighted by Gasteiger charge is 2.23. The number of hydrogen-bond donors (Lipinski definition) is 0. The molecule has 7 heteroatoms. The highest BCUT2D eigenvalue weighted by Crippen LogP contribution is 2.38. The molecule has 0 saturated carbocycles. The molecule has 6 nitrogen and oxygen atoms in total. The van der Waals surface area contributed by atoms with Gasteiger partial charge in [-0.3, -0.25) is 0 Å². The van der Waals surface area contributed by atoms with Crippen molar-refractivity contribution in [1.82, 2.24) is 25.1 Å². The van der Waals surface area contributed by atoms with Crippen molar-refractivity contribution < 1.29 is 4.52 Å². The molecule has 5 rings (SSSR count). The Morgan fingerprint density at radius 1 is 1.12 bits per heavy atom. The van der Waals surface area contributed by atoms with E-state index in [9.17, 15) is 0 Å². The van der Waals surface area contributed by atoms with Gasteiger partial charge in [-0.15, -0.1) is 5.10 Å². The van der Waals surface area contributed by atoms with Gasteiger partial charge in [0.1, 0.15) is 5.52 Å². The fourth-order valence-corrected chi connectivity index (χ4v) is 4.42. The Kier molecular flexibility index (Phi) is 3.93. The summed E-state index contributed by atoms with van der Waals surface area (Å²) in [6.45, 7) is 0.675. The summed E-state index contributed by atoms with van der Waals surface area (Å²) in [4.78, 5) is 4.58. The molecule has 0 spiro atoms. The van der Waals surface area contributed by atoms with Gasteiger partial charge in [0.15, 0.2) is 5.82 Å². The highest BCUT2D eigenvalue weighted by molar-refractivity contribution is 7.99. The first-order valence-electron chi connectivity index (χ1n) is 8.69. The first-order valence-corrected chi connectivity index (χ1v) is 9.74. The van der Waals surface area contributed by atoms with Gasteiger partial charge in [-0.05, 0) is 48.4 Å². The smallest absolute Gasteiger partial charge is 0.257 e. The van der Waals surface area contributed by atoms with E-state index in [2.05, 4.69) is 32.6 Å². The fraction of sp³-hybridized carbons (Fsp3) is 0.263. The summed E-state index contributed by atoms with van der Waals surface area (Å²) in [6.07, 6.45) is 2.36. The Hall–Kier alpha value is -2.67. The van der Waals surface area contributed by atoms with Crippen LogP contribution in [0.25, 0.3) is 22.5 Å². The lowest BCUT2D eigenvalue weighted by molar-refractivity contribution is 0.421. The van der Waals surface area contributed by atoms with E-state index in [4.69, 9.17) is 4.52 Å². The van der Waals surface area contributed by atoms with Gasteiger partial charge >= 0.3 is 0 Å². The molecule has 2 aromatic heterocycles. The van der Waals surface area contributed by atoms with Crippen molar-refractivity contribution in [2.75, 3.05) is 5.75 Å². The summed E-state index contributed by atoms with van der Waals surface area (Å²) in [5.74, 6) is 2.59. The van der Waals surface area contributed by atoms with E-state index in [0.717, 1.165) is 34.4 Å². The van der Waals surface area contributed by atoms with Crippen LogP contribution < -0.4 is 0 Å². The van der Waals surface area contributed by atoms with Crippen molar-refractivity contribution in [3.05, 3.63) is 59.9 Å². The summed E-state index contributed by atoms with van der Waals surface area (Å²) >= 11 is 1.91. The van der Waals surface area contributed by atoms with Crippen LogP contribution in [0.4, 0.5) is 0 Å². The summed E-state index contributed by atoms with van der Waals surface area (Å²) in [5, 5.41) is 13.0. The maximum absolute atomic E-state index is 5.46. The molecule has 26 heavy (non-hydrogen) atoms. The van der Waals surface area contributed by atoms with Gasteiger partial charge in [-0.1, -0.05) is 34.6 Å². The van der Waals surface area contributed by atoms with Gasteiger partial charge < -0.3 is 4.52 Å². The fourth-order valence-electron chi connectivity index (χ4n) is 3.22. The number of nitrogens with zero attached hydrogens (tertiary/aromatic N) is 5. The van der Waals surface area contributed by atoms with Crippen LogP contribution in [0, 0.1) is 0 Å². The van der Waals surface area contributed by atoms with Crippen LogP contribution in [0.1, 0.15) is 29.5 Å². The molecule has 130 valence electrons. The number of aromatic nitrogens is 5. The molecular weight excluding hydrogens is 346 g/mol. The number of thioether (sulfide) groups is 1. The quantitative estimate of drug-likeness (QED) is 0.544. The van der Waals surface area contributed by atoms with Gasteiger partial charge in [0, 0.05) is 5.56 Å². The van der Waals surface area contributed by atoms with E-state index in [1.54, 1.807) is 0 Å². The lowest BCUT2D eigenvalue weighted by Gasteiger charge is -2.03. The SMILES string of the molecule is c1ccc2c(c1)nnn2Cc1ccc(-c2nc(C3CCCS3)no2)cc1. The van der Waals surface area contributed by atoms with Crippen molar-refractivity contribution in [1.29, 1.82) is 0 Å². The Morgan fingerprint density at radius 2 is 2.00 bits per heavy atom. The largest absolute Gasteiger partial charge is 0.334 e. The van der Waals surface area contributed by atoms with Crippen molar-refractivity contribution in [2.24, 2.45) is 0 Å². The molecule has 1 aliphatic heterocycles. The second-order valence-electron chi connectivity index (χ2n) is 6.39. The average molecular weight is 363 g/mol. The number of benzene rings is 2. The van der Waals surface area contributed by atoms with Crippen LogP contribution in [0.5, 0.6) is 0 Å². The minimum absolute atomic E-state index is 0.382. The first kappa shape index (κ1) is 15.6. The molecule has 1 atom stereocenters. The van der Waals surface area contributed by atoms with E-state index in [1.807, 2.05) is 52.8 Å². The Labute approximate surface area is 154 Å². The maximum Gasteiger partial charge on any atom is 0.257 e. The minimum Gasteiger partial charge on any atom is -0.334 e. The zero-order valence-electron chi connectivity index (χ0n) is 14.1. The first-order chi connectivity index (χ1) is 12.9. The van der Waals surface area contributed by atoms with E-state index in [1.165, 1.54) is 12.2 Å². The summed E-state index contributed by atoms with van der Waals surface area (Å²) in [7, 11) is 0. The normalized spacial score (nSPS) is 17.2. The standard InChI is InChI=1S/C19H17N5OS/c1-2-5-16-15(4-1)21-23-24(16)12-13-7-9-14(10-8-13)19-20-18(22-25-19)17-6-3-11-26-17/h1-2,4-5,7-10,17H,3,6,11-12H2. The molecule has 2 aromatic carbocycles. The summed E-state index contributed by atoms with van der Waals surface area (Å²) < 4.78 is 7.37. The third kappa shape index (κ3) is 2.88. The van der Waals surface area contributed by atoms with E-state index in [0.29, 0.717) is 17.7 Å². The van der Waals surface area contributed by atoms with Crippen LogP contribution in [0.3, 0.4) is 0 Å². The average Bonchev–Trinajstić information content (AvgIpc) is 3.43.